The van der Waals surface area contributed by atoms with Crippen molar-refractivity contribution in [2.45, 2.75) is 32.4 Å². The lowest BCUT2D eigenvalue weighted by Gasteiger charge is -2.37. The Morgan fingerprint density at radius 1 is 1.42 bits per heavy atom. The Labute approximate surface area is 142 Å². The van der Waals surface area contributed by atoms with Gasteiger partial charge in [-0.1, -0.05) is 24.3 Å². The van der Waals surface area contributed by atoms with Crippen molar-refractivity contribution >= 4 is 6.03 Å². The van der Waals surface area contributed by atoms with Crippen LogP contribution < -0.4 is 11.1 Å². The highest BCUT2D eigenvalue weighted by atomic mass is 16.2. The van der Waals surface area contributed by atoms with Crippen LogP contribution in [-0.4, -0.2) is 29.0 Å². The number of aryl methyl sites for hydroxylation is 1. The van der Waals surface area contributed by atoms with Gasteiger partial charge in [-0.3, -0.25) is 4.98 Å². The summed E-state index contributed by atoms with van der Waals surface area (Å²) in [6, 6.07) is 11.9. The number of carbonyl (C=O) groups excluding carboxylic acids is 1. The summed E-state index contributed by atoms with van der Waals surface area (Å²) >= 11 is 0. The third-order valence-electron chi connectivity index (χ3n) is 4.62. The number of nitrogens with two attached hydrogens (primary N) is 1. The van der Waals surface area contributed by atoms with Crippen LogP contribution in [0.4, 0.5) is 4.79 Å². The summed E-state index contributed by atoms with van der Waals surface area (Å²) in [6.07, 6.45) is 2.63. The number of urea groups is 1. The minimum Gasteiger partial charge on any atom is -0.330 e. The molecule has 2 aromatic rings. The third kappa shape index (κ3) is 3.26. The molecule has 3 N–H and O–H groups in total. The number of benzene rings is 1. The lowest BCUT2D eigenvalue weighted by Crippen LogP contribution is -2.48. The number of fused-ring (bicyclic) bond motifs is 1. The molecular weight excluding hydrogens is 300 g/mol. The molecule has 126 valence electrons. The molecule has 0 spiro atoms. The number of pyridine rings is 1. The number of hydrogen-bond acceptors (Lipinski definition) is 3. The second-order valence-corrected chi connectivity index (χ2v) is 6.32. The van der Waals surface area contributed by atoms with Crippen molar-refractivity contribution in [3.05, 3.63) is 65.0 Å². The molecule has 2 unspecified atom stereocenters. The van der Waals surface area contributed by atoms with Crippen molar-refractivity contribution in [3.8, 4) is 0 Å². The Kier molecular flexibility index (Phi) is 4.81. The molecule has 2 atom stereocenters. The van der Waals surface area contributed by atoms with Gasteiger partial charge in [-0.15, -0.1) is 0 Å². The summed E-state index contributed by atoms with van der Waals surface area (Å²) in [5.41, 5.74) is 10.4. The lowest BCUT2D eigenvalue weighted by molar-refractivity contribution is 0.168. The Balaban J connectivity index is 1.75. The van der Waals surface area contributed by atoms with Crippen molar-refractivity contribution in [1.82, 2.24) is 15.2 Å². The zero-order valence-corrected chi connectivity index (χ0v) is 14.2. The monoisotopic (exact) mass is 324 g/mol. The van der Waals surface area contributed by atoms with Gasteiger partial charge in [0.2, 0.25) is 0 Å². The fourth-order valence-corrected chi connectivity index (χ4v) is 3.29. The molecule has 0 saturated carbocycles. The number of hydrogen-bond donors (Lipinski definition) is 2. The van der Waals surface area contributed by atoms with Gasteiger partial charge in [-0.25, -0.2) is 4.79 Å². The second kappa shape index (κ2) is 7.01. The van der Waals surface area contributed by atoms with Crippen molar-refractivity contribution in [2.75, 3.05) is 13.1 Å². The normalized spacial score (nSPS) is 18.0. The molecule has 1 aromatic carbocycles. The molecule has 3 rings (SSSR count). The van der Waals surface area contributed by atoms with Gasteiger partial charge in [0.1, 0.15) is 0 Å². The fourth-order valence-electron chi connectivity index (χ4n) is 3.29. The van der Waals surface area contributed by atoms with Crippen LogP contribution in [0.3, 0.4) is 0 Å². The first-order valence-corrected chi connectivity index (χ1v) is 8.37. The van der Waals surface area contributed by atoms with Gasteiger partial charge in [0.25, 0.3) is 0 Å². The first-order chi connectivity index (χ1) is 11.6. The topological polar surface area (TPSA) is 71.2 Å². The van der Waals surface area contributed by atoms with Crippen LogP contribution in [0, 0.1) is 6.92 Å². The van der Waals surface area contributed by atoms with E-state index in [9.17, 15) is 4.79 Å². The summed E-state index contributed by atoms with van der Waals surface area (Å²) in [5.74, 6) is 0. The van der Waals surface area contributed by atoms with E-state index < -0.39 is 0 Å². The van der Waals surface area contributed by atoms with Crippen LogP contribution in [0.25, 0.3) is 0 Å². The Morgan fingerprint density at radius 2 is 2.21 bits per heavy atom. The summed E-state index contributed by atoms with van der Waals surface area (Å²) in [7, 11) is 0. The highest BCUT2D eigenvalue weighted by Gasteiger charge is 2.30. The molecule has 0 radical (unpaired) electrons. The highest BCUT2D eigenvalue weighted by Crippen LogP contribution is 2.29. The van der Waals surface area contributed by atoms with Gasteiger partial charge in [-0.05, 0) is 49.1 Å². The molecule has 0 bridgehead atoms. The number of amides is 2. The molecule has 0 fully saturated rings. The summed E-state index contributed by atoms with van der Waals surface area (Å²) in [4.78, 5) is 19.0. The molecule has 5 heteroatoms. The molecule has 24 heavy (non-hydrogen) atoms. The van der Waals surface area contributed by atoms with Crippen LogP contribution >= 0.6 is 0 Å². The first-order valence-electron chi connectivity index (χ1n) is 8.37. The van der Waals surface area contributed by atoms with E-state index >= 15 is 0 Å². The maximum absolute atomic E-state index is 12.8. The molecule has 2 amide bonds. The van der Waals surface area contributed by atoms with Gasteiger partial charge < -0.3 is 16.0 Å². The minimum atomic E-state index is -0.145. The van der Waals surface area contributed by atoms with Gasteiger partial charge in [0.05, 0.1) is 17.8 Å². The maximum atomic E-state index is 12.8. The quantitative estimate of drug-likeness (QED) is 0.912. The van der Waals surface area contributed by atoms with Crippen LogP contribution in [-0.2, 0) is 6.42 Å². The average Bonchev–Trinajstić information content (AvgIpc) is 2.60. The zero-order chi connectivity index (χ0) is 17.1. The number of aromatic nitrogens is 1. The first kappa shape index (κ1) is 16.5. The second-order valence-electron chi connectivity index (χ2n) is 6.32. The largest absolute Gasteiger partial charge is 0.330 e. The zero-order valence-electron chi connectivity index (χ0n) is 14.2. The SMILES string of the molecule is Cc1ccnc(C(C)NC(=O)N2CCc3ccccc3C2CN)c1. The van der Waals surface area contributed by atoms with E-state index in [0.29, 0.717) is 13.1 Å². The third-order valence-corrected chi connectivity index (χ3v) is 4.62. The van der Waals surface area contributed by atoms with Gasteiger partial charge in [0.15, 0.2) is 0 Å². The molecule has 5 nitrogen and oxygen atoms in total. The van der Waals surface area contributed by atoms with Crippen LogP contribution in [0.5, 0.6) is 0 Å². The molecule has 1 aromatic heterocycles. The van der Waals surface area contributed by atoms with E-state index in [-0.39, 0.29) is 18.1 Å². The van der Waals surface area contributed by atoms with E-state index in [4.69, 9.17) is 5.73 Å². The van der Waals surface area contributed by atoms with Crippen molar-refractivity contribution in [1.29, 1.82) is 0 Å². The standard InChI is InChI=1S/C19H24N4O/c1-13-7-9-21-17(11-13)14(2)22-19(24)23-10-8-15-5-3-4-6-16(15)18(23)12-20/h3-7,9,11,14,18H,8,10,12,20H2,1-2H3,(H,22,24). The van der Waals surface area contributed by atoms with Crippen LogP contribution in [0.2, 0.25) is 0 Å². The molecule has 2 heterocycles. The van der Waals surface area contributed by atoms with Crippen molar-refractivity contribution < 1.29 is 4.79 Å². The van der Waals surface area contributed by atoms with E-state index in [0.717, 1.165) is 23.2 Å². The highest BCUT2D eigenvalue weighted by molar-refractivity contribution is 5.75. The van der Waals surface area contributed by atoms with Gasteiger partial charge in [0, 0.05) is 19.3 Å². The maximum Gasteiger partial charge on any atom is 0.318 e. The van der Waals surface area contributed by atoms with Crippen LogP contribution in [0.1, 0.15) is 41.4 Å². The molecule has 0 aliphatic carbocycles. The molecular formula is C19H24N4O. The predicted molar refractivity (Wildman–Crippen MR) is 94.6 cm³/mol. The van der Waals surface area contributed by atoms with Crippen molar-refractivity contribution in [2.24, 2.45) is 5.73 Å². The lowest BCUT2D eigenvalue weighted by atomic mass is 9.93. The van der Waals surface area contributed by atoms with Gasteiger partial charge >= 0.3 is 6.03 Å². The molecule has 1 aliphatic rings. The van der Waals surface area contributed by atoms with E-state index in [1.54, 1.807) is 6.20 Å². The van der Waals surface area contributed by atoms with E-state index in [1.165, 1.54) is 5.56 Å². The molecule has 1 aliphatic heterocycles. The number of nitrogens with one attached hydrogen (secondary N) is 1. The Bertz CT molecular complexity index is 731. The predicted octanol–water partition coefficient (Wildman–Crippen LogP) is 2.72. The Hall–Kier alpha value is -2.40. The number of carbonyl (C=O) groups is 1. The van der Waals surface area contributed by atoms with Crippen LogP contribution in [0.15, 0.2) is 42.6 Å². The van der Waals surface area contributed by atoms with Crippen molar-refractivity contribution in [3.63, 3.8) is 0 Å². The summed E-state index contributed by atoms with van der Waals surface area (Å²) in [5, 5.41) is 3.06. The molecule has 0 saturated heterocycles. The number of rotatable bonds is 3. The fraction of sp³-hybridized carbons (Fsp3) is 0.368. The average molecular weight is 324 g/mol. The smallest absolute Gasteiger partial charge is 0.318 e. The van der Waals surface area contributed by atoms with E-state index in [2.05, 4.69) is 22.4 Å². The number of nitrogens with zero attached hydrogens (tertiary/aromatic N) is 2. The van der Waals surface area contributed by atoms with Gasteiger partial charge in [-0.2, -0.15) is 0 Å². The minimum absolute atomic E-state index is 0.0763. The van der Waals surface area contributed by atoms with E-state index in [1.807, 2.05) is 43.0 Å². The summed E-state index contributed by atoms with van der Waals surface area (Å²) in [6.45, 7) is 5.07. The Morgan fingerprint density at radius 3 is 2.96 bits per heavy atom. The summed E-state index contributed by atoms with van der Waals surface area (Å²) < 4.78 is 0.